The van der Waals surface area contributed by atoms with Crippen LogP contribution in [0.3, 0.4) is 0 Å². The summed E-state index contributed by atoms with van der Waals surface area (Å²) in [4.78, 5) is 6.19. The zero-order chi connectivity index (χ0) is 14.8. The third-order valence-electron chi connectivity index (χ3n) is 4.68. The van der Waals surface area contributed by atoms with Gasteiger partial charge in [0, 0.05) is 22.6 Å². The standard InChI is InChI=1S/C18H26N2O.ClH/c1-3-9-20(10-4-2)13-5-7-17-15(11-13)16-12-14(21)6-8-18(16)19-17;/h6,8,12-13,19,21H,3-5,7,9-11H2,1-2H3;1H. The highest BCUT2D eigenvalue weighted by Gasteiger charge is 2.26. The first-order chi connectivity index (χ1) is 10.2. The molecule has 1 aliphatic carbocycles. The molecule has 1 heterocycles. The maximum Gasteiger partial charge on any atom is 0.116 e. The quantitative estimate of drug-likeness (QED) is 0.862. The van der Waals surface area contributed by atoms with E-state index in [0.29, 0.717) is 11.8 Å². The van der Waals surface area contributed by atoms with Crippen LogP contribution in [-0.2, 0) is 12.8 Å². The molecule has 1 aromatic heterocycles. The molecule has 1 unspecified atom stereocenters. The van der Waals surface area contributed by atoms with Crippen LogP contribution in [0.15, 0.2) is 18.2 Å². The predicted molar refractivity (Wildman–Crippen MR) is 95.2 cm³/mol. The Morgan fingerprint density at radius 2 is 1.95 bits per heavy atom. The molecule has 0 saturated heterocycles. The van der Waals surface area contributed by atoms with E-state index in [2.05, 4.69) is 23.7 Å². The lowest BCUT2D eigenvalue weighted by Gasteiger charge is -2.34. The number of rotatable bonds is 5. The first kappa shape index (κ1) is 17.2. The normalized spacial score (nSPS) is 17.5. The van der Waals surface area contributed by atoms with Gasteiger partial charge in [0.15, 0.2) is 0 Å². The molecule has 122 valence electrons. The first-order valence-electron chi connectivity index (χ1n) is 8.29. The van der Waals surface area contributed by atoms with E-state index in [1.54, 1.807) is 6.07 Å². The fourth-order valence-corrected chi connectivity index (χ4v) is 3.75. The van der Waals surface area contributed by atoms with E-state index in [0.717, 1.165) is 18.4 Å². The Morgan fingerprint density at radius 1 is 1.23 bits per heavy atom. The first-order valence-corrected chi connectivity index (χ1v) is 8.29. The molecule has 2 N–H and O–H groups in total. The van der Waals surface area contributed by atoms with E-state index < -0.39 is 0 Å². The fourth-order valence-electron chi connectivity index (χ4n) is 3.75. The van der Waals surface area contributed by atoms with Gasteiger partial charge in [-0.15, -0.1) is 12.4 Å². The summed E-state index contributed by atoms with van der Waals surface area (Å²) in [6.07, 6.45) is 5.92. The van der Waals surface area contributed by atoms with Gasteiger partial charge in [0.2, 0.25) is 0 Å². The molecule has 0 radical (unpaired) electrons. The summed E-state index contributed by atoms with van der Waals surface area (Å²) in [6.45, 7) is 6.92. The Labute approximate surface area is 139 Å². The third-order valence-corrected chi connectivity index (χ3v) is 4.68. The lowest BCUT2D eigenvalue weighted by Crippen LogP contribution is -2.40. The van der Waals surface area contributed by atoms with Crippen LogP contribution in [0.25, 0.3) is 10.9 Å². The largest absolute Gasteiger partial charge is 0.508 e. The molecule has 3 rings (SSSR count). The molecule has 0 bridgehead atoms. The minimum Gasteiger partial charge on any atom is -0.508 e. The maximum absolute atomic E-state index is 9.77. The highest BCUT2D eigenvalue weighted by atomic mass is 35.5. The zero-order valence-corrected chi connectivity index (χ0v) is 14.4. The second-order valence-corrected chi connectivity index (χ2v) is 6.24. The van der Waals surface area contributed by atoms with Crippen LogP contribution in [0.2, 0.25) is 0 Å². The van der Waals surface area contributed by atoms with Gasteiger partial charge >= 0.3 is 0 Å². The molecular weight excluding hydrogens is 296 g/mol. The Morgan fingerprint density at radius 3 is 2.64 bits per heavy atom. The average Bonchev–Trinajstić information content (AvgIpc) is 2.84. The highest BCUT2D eigenvalue weighted by Crippen LogP contribution is 2.32. The summed E-state index contributed by atoms with van der Waals surface area (Å²) in [5.41, 5.74) is 3.96. The number of hydrogen-bond donors (Lipinski definition) is 2. The van der Waals surface area contributed by atoms with Gasteiger partial charge < -0.3 is 15.0 Å². The van der Waals surface area contributed by atoms with Gasteiger partial charge in [0.1, 0.15) is 5.75 Å². The van der Waals surface area contributed by atoms with Gasteiger partial charge in [-0.05, 0) is 69.0 Å². The molecule has 0 amide bonds. The molecule has 0 saturated carbocycles. The molecule has 2 aromatic rings. The Hall–Kier alpha value is -1.19. The van der Waals surface area contributed by atoms with E-state index in [1.807, 2.05) is 12.1 Å². The van der Waals surface area contributed by atoms with Crippen LogP contribution in [0.1, 0.15) is 44.4 Å². The Balaban J connectivity index is 0.00000176. The minimum absolute atomic E-state index is 0. The summed E-state index contributed by atoms with van der Waals surface area (Å²) >= 11 is 0. The minimum atomic E-state index is 0. The van der Waals surface area contributed by atoms with E-state index in [1.165, 1.54) is 49.0 Å². The summed E-state index contributed by atoms with van der Waals surface area (Å²) in [6, 6.07) is 6.33. The number of H-pyrrole nitrogens is 1. The van der Waals surface area contributed by atoms with E-state index >= 15 is 0 Å². The molecule has 0 aliphatic heterocycles. The van der Waals surface area contributed by atoms with Crippen molar-refractivity contribution in [2.75, 3.05) is 13.1 Å². The lowest BCUT2D eigenvalue weighted by molar-refractivity contribution is 0.180. The van der Waals surface area contributed by atoms with Gasteiger partial charge in [-0.1, -0.05) is 13.8 Å². The molecule has 4 heteroatoms. The van der Waals surface area contributed by atoms with E-state index in [4.69, 9.17) is 0 Å². The van der Waals surface area contributed by atoms with Crippen LogP contribution in [0, 0.1) is 0 Å². The molecule has 1 aliphatic rings. The van der Waals surface area contributed by atoms with Crippen LogP contribution < -0.4 is 0 Å². The summed E-state index contributed by atoms with van der Waals surface area (Å²) in [7, 11) is 0. The van der Waals surface area contributed by atoms with Crippen molar-refractivity contribution in [2.45, 2.75) is 52.0 Å². The number of aromatic amines is 1. The second-order valence-electron chi connectivity index (χ2n) is 6.24. The van der Waals surface area contributed by atoms with Crippen LogP contribution in [0.5, 0.6) is 5.75 Å². The van der Waals surface area contributed by atoms with Gasteiger partial charge in [-0.2, -0.15) is 0 Å². The van der Waals surface area contributed by atoms with Crippen LogP contribution in [-0.4, -0.2) is 34.1 Å². The topological polar surface area (TPSA) is 39.3 Å². The van der Waals surface area contributed by atoms with Crippen molar-refractivity contribution < 1.29 is 5.11 Å². The fraction of sp³-hybridized carbons (Fsp3) is 0.556. The van der Waals surface area contributed by atoms with Crippen molar-refractivity contribution in [3.05, 3.63) is 29.5 Å². The monoisotopic (exact) mass is 322 g/mol. The van der Waals surface area contributed by atoms with Gasteiger partial charge in [-0.3, -0.25) is 0 Å². The number of phenols is 1. The van der Waals surface area contributed by atoms with Gasteiger partial charge in [0.05, 0.1) is 0 Å². The number of aromatic nitrogens is 1. The molecule has 1 atom stereocenters. The molecule has 1 aromatic carbocycles. The number of hydrogen-bond acceptors (Lipinski definition) is 2. The molecule has 0 fully saturated rings. The van der Waals surface area contributed by atoms with E-state index in [9.17, 15) is 5.11 Å². The number of aromatic hydroxyl groups is 1. The van der Waals surface area contributed by atoms with Crippen molar-refractivity contribution in [1.82, 2.24) is 9.88 Å². The molecule has 0 spiro atoms. The summed E-state index contributed by atoms with van der Waals surface area (Å²) in [5.74, 6) is 0.366. The van der Waals surface area contributed by atoms with Crippen LogP contribution in [0.4, 0.5) is 0 Å². The Kier molecular flexibility index (Phi) is 5.76. The van der Waals surface area contributed by atoms with Crippen molar-refractivity contribution in [2.24, 2.45) is 0 Å². The zero-order valence-electron chi connectivity index (χ0n) is 13.6. The van der Waals surface area contributed by atoms with Crippen molar-refractivity contribution >= 4 is 23.3 Å². The summed E-state index contributed by atoms with van der Waals surface area (Å²) < 4.78 is 0. The number of aryl methyl sites for hydroxylation is 1. The van der Waals surface area contributed by atoms with Crippen molar-refractivity contribution in [3.8, 4) is 5.75 Å². The number of fused-ring (bicyclic) bond motifs is 3. The molecular formula is C18H27ClN2O. The van der Waals surface area contributed by atoms with Crippen molar-refractivity contribution in [1.29, 1.82) is 0 Å². The number of nitrogens with zero attached hydrogens (tertiary/aromatic N) is 1. The highest BCUT2D eigenvalue weighted by molar-refractivity contribution is 5.86. The third kappa shape index (κ3) is 3.26. The molecule has 3 nitrogen and oxygen atoms in total. The number of nitrogens with one attached hydrogen (secondary N) is 1. The van der Waals surface area contributed by atoms with Gasteiger partial charge in [0.25, 0.3) is 0 Å². The van der Waals surface area contributed by atoms with E-state index in [-0.39, 0.29) is 12.4 Å². The maximum atomic E-state index is 9.77. The summed E-state index contributed by atoms with van der Waals surface area (Å²) in [5, 5.41) is 11.0. The predicted octanol–water partition coefficient (Wildman–Crippen LogP) is 4.27. The smallest absolute Gasteiger partial charge is 0.116 e. The average molecular weight is 323 g/mol. The lowest BCUT2D eigenvalue weighted by atomic mass is 9.90. The number of halogens is 1. The van der Waals surface area contributed by atoms with Crippen LogP contribution >= 0.6 is 12.4 Å². The molecule has 22 heavy (non-hydrogen) atoms. The van der Waals surface area contributed by atoms with Gasteiger partial charge in [-0.25, -0.2) is 0 Å². The number of phenolic OH excluding ortho intramolecular Hbond substituents is 1. The number of benzene rings is 1. The Bertz CT molecular complexity index is 617. The van der Waals surface area contributed by atoms with Crippen molar-refractivity contribution in [3.63, 3.8) is 0 Å². The second kappa shape index (κ2) is 7.38. The SMILES string of the molecule is CCCN(CCC)C1CCc2[nH]c3ccc(O)cc3c2C1.Cl.